The number of hydrogen-bond acceptors (Lipinski definition) is 8. The summed E-state index contributed by atoms with van der Waals surface area (Å²) in [5, 5.41) is 9.29. The summed E-state index contributed by atoms with van der Waals surface area (Å²) in [5.74, 6) is -2.05. The number of fused-ring (bicyclic) bond motifs is 1. The molecule has 1 aliphatic carbocycles. The molecule has 1 amide bonds. The summed E-state index contributed by atoms with van der Waals surface area (Å²) in [6, 6.07) is 8.05. The quantitative estimate of drug-likeness (QED) is 0.468. The van der Waals surface area contributed by atoms with Gasteiger partial charge in [-0.2, -0.15) is 0 Å². The highest BCUT2D eigenvalue weighted by Crippen LogP contribution is 2.41. The van der Waals surface area contributed by atoms with Crippen LogP contribution in [-0.2, 0) is 20.8 Å². The van der Waals surface area contributed by atoms with Crippen molar-refractivity contribution in [2.24, 2.45) is 5.92 Å². The molecule has 0 saturated carbocycles. The molecule has 2 atom stereocenters. The summed E-state index contributed by atoms with van der Waals surface area (Å²) >= 11 is 6.82. The van der Waals surface area contributed by atoms with E-state index in [-0.39, 0.29) is 35.8 Å². The third-order valence-corrected chi connectivity index (χ3v) is 10.2. The van der Waals surface area contributed by atoms with Crippen molar-refractivity contribution in [3.8, 4) is 16.9 Å². The molecular formula is C34H38ClFN4O6. The molecule has 0 radical (unpaired) electrons. The number of hydrogen-bond donors (Lipinski definition) is 1. The molecule has 4 aliphatic heterocycles. The molecule has 10 nitrogen and oxygen atoms in total. The van der Waals surface area contributed by atoms with Crippen LogP contribution in [0.4, 0.5) is 10.1 Å². The predicted molar refractivity (Wildman–Crippen MR) is 171 cm³/mol. The van der Waals surface area contributed by atoms with Gasteiger partial charge in [0.1, 0.15) is 11.6 Å². The van der Waals surface area contributed by atoms with Crippen molar-refractivity contribution < 1.29 is 33.3 Å². The number of morpholine rings is 1. The standard InChI is InChI=1S/C34H38ClFN4O6/c1-34(19-45-20-34)40-9-7-37(8-10-40)23-5-6-25(28(35)15-23)32(41)39-18-22-3-2-4-24(31(22)46-21-39)26-17-30(38-11-13-44-14-12-38)27(33(42)43)16-29(26)36/h2-6,15-17,25,28H,7-14,18-21H2,1H3,(H,42,43). The first kappa shape index (κ1) is 31.0. The average molecular weight is 653 g/mol. The molecule has 244 valence electrons. The van der Waals surface area contributed by atoms with Gasteiger partial charge in [0.2, 0.25) is 5.91 Å². The fourth-order valence-electron chi connectivity index (χ4n) is 6.99. The first-order chi connectivity index (χ1) is 22.2. The number of carbonyl (C=O) groups is 2. The lowest BCUT2D eigenvalue weighted by molar-refractivity contribution is -0.139. The topological polar surface area (TPSA) is 95.0 Å². The summed E-state index contributed by atoms with van der Waals surface area (Å²) in [6.07, 6.45) is 5.86. The Morgan fingerprint density at radius 3 is 2.43 bits per heavy atom. The molecule has 46 heavy (non-hydrogen) atoms. The lowest BCUT2D eigenvalue weighted by Crippen LogP contribution is -2.64. The number of anilines is 1. The number of benzene rings is 2. The van der Waals surface area contributed by atoms with Gasteiger partial charge in [-0.05, 0) is 31.2 Å². The monoisotopic (exact) mass is 652 g/mol. The zero-order chi connectivity index (χ0) is 32.0. The Bertz CT molecular complexity index is 1580. The number of amides is 1. The highest BCUT2D eigenvalue weighted by Gasteiger charge is 2.41. The van der Waals surface area contributed by atoms with E-state index in [1.165, 1.54) is 0 Å². The summed E-state index contributed by atoms with van der Waals surface area (Å²) in [4.78, 5) is 34.0. The number of halogens is 2. The predicted octanol–water partition coefficient (Wildman–Crippen LogP) is 3.79. The Kier molecular flexibility index (Phi) is 8.43. The minimum atomic E-state index is -1.19. The summed E-state index contributed by atoms with van der Waals surface area (Å²) in [7, 11) is 0. The van der Waals surface area contributed by atoms with Gasteiger partial charge in [-0.15, -0.1) is 11.6 Å². The first-order valence-electron chi connectivity index (χ1n) is 15.8. The van der Waals surface area contributed by atoms with E-state index in [2.05, 4.69) is 16.7 Å². The SMILES string of the molecule is CC1(N2CCN(C3=CC(Cl)C(C(=O)N4COc5c(cccc5-c5cc(N6CCOCC6)c(C(=O)O)cc5F)C4)C=C3)CC2)COC1. The van der Waals surface area contributed by atoms with Crippen molar-refractivity contribution in [1.82, 2.24) is 14.7 Å². The second kappa shape index (κ2) is 12.5. The van der Waals surface area contributed by atoms with Crippen LogP contribution in [0.25, 0.3) is 11.1 Å². The van der Waals surface area contributed by atoms with Crippen molar-refractivity contribution in [3.05, 3.63) is 71.2 Å². The molecule has 12 heteroatoms. The van der Waals surface area contributed by atoms with Crippen LogP contribution in [0.3, 0.4) is 0 Å². The van der Waals surface area contributed by atoms with E-state index in [0.29, 0.717) is 43.3 Å². The summed E-state index contributed by atoms with van der Waals surface area (Å²) in [6.45, 7) is 9.70. The third kappa shape index (κ3) is 5.74. The Morgan fingerprint density at radius 1 is 1.00 bits per heavy atom. The van der Waals surface area contributed by atoms with Crippen LogP contribution in [0.15, 0.2) is 54.3 Å². The van der Waals surface area contributed by atoms with Crippen LogP contribution in [-0.4, -0.2) is 115 Å². The number of carboxylic acids is 1. The minimum Gasteiger partial charge on any atom is -0.478 e. The van der Waals surface area contributed by atoms with Crippen molar-refractivity contribution in [2.75, 3.05) is 77.3 Å². The third-order valence-electron chi connectivity index (χ3n) is 9.76. The molecule has 3 saturated heterocycles. The Hall–Kier alpha value is -3.64. The maximum Gasteiger partial charge on any atom is 0.337 e. The van der Waals surface area contributed by atoms with E-state index in [1.807, 2.05) is 29.2 Å². The van der Waals surface area contributed by atoms with Crippen molar-refractivity contribution in [3.63, 3.8) is 0 Å². The van der Waals surface area contributed by atoms with Crippen LogP contribution in [0, 0.1) is 11.7 Å². The largest absolute Gasteiger partial charge is 0.478 e. The molecule has 2 aromatic carbocycles. The molecule has 3 fully saturated rings. The minimum absolute atomic E-state index is 0.0110. The summed E-state index contributed by atoms with van der Waals surface area (Å²) < 4.78 is 32.5. The van der Waals surface area contributed by atoms with Gasteiger partial charge in [-0.25, -0.2) is 9.18 Å². The lowest BCUT2D eigenvalue weighted by atomic mass is 9.94. The smallest absolute Gasteiger partial charge is 0.337 e. The molecule has 0 bridgehead atoms. The van der Waals surface area contributed by atoms with Gasteiger partial charge in [0.25, 0.3) is 0 Å². The zero-order valence-corrected chi connectivity index (χ0v) is 26.5. The van der Waals surface area contributed by atoms with Crippen molar-refractivity contribution in [2.45, 2.75) is 24.4 Å². The average Bonchev–Trinajstić information content (AvgIpc) is 3.06. The van der Waals surface area contributed by atoms with Gasteiger partial charge in [-0.3, -0.25) is 9.69 Å². The van der Waals surface area contributed by atoms with Crippen LogP contribution < -0.4 is 9.64 Å². The maximum absolute atomic E-state index is 15.5. The number of aromatic carboxylic acids is 1. The number of carboxylic acid groups (broad SMARTS) is 1. The number of para-hydroxylation sites is 1. The van der Waals surface area contributed by atoms with Gasteiger partial charge in [0.05, 0.1) is 61.1 Å². The molecule has 2 aromatic rings. The van der Waals surface area contributed by atoms with Crippen LogP contribution in [0.2, 0.25) is 0 Å². The normalized spacial score (nSPS) is 24.5. The van der Waals surface area contributed by atoms with E-state index in [1.54, 1.807) is 23.1 Å². The number of carbonyl (C=O) groups excluding carboxylic acids is 1. The van der Waals surface area contributed by atoms with Gasteiger partial charge >= 0.3 is 5.97 Å². The zero-order valence-electron chi connectivity index (χ0n) is 25.8. The molecule has 4 heterocycles. The van der Waals surface area contributed by atoms with E-state index in [9.17, 15) is 14.7 Å². The fraction of sp³-hybridized carbons (Fsp3) is 0.471. The number of piperazine rings is 1. The van der Waals surface area contributed by atoms with Crippen molar-refractivity contribution in [1.29, 1.82) is 0 Å². The molecule has 0 spiro atoms. The van der Waals surface area contributed by atoms with Crippen LogP contribution in [0.1, 0.15) is 22.8 Å². The van der Waals surface area contributed by atoms with Crippen molar-refractivity contribution >= 4 is 29.2 Å². The number of nitrogens with zero attached hydrogens (tertiary/aromatic N) is 4. The van der Waals surface area contributed by atoms with E-state index < -0.39 is 23.1 Å². The van der Waals surface area contributed by atoms with E-state index in [4.69, 9.17) is 25.8 Å². The molecule has 0 aromatic heterocycles. The lowest BCUT2D eigenvalue weighted by Gasteiger charge is -2.51. The molecular weight excluding hydrogens is 615 g/mol. The van der Waals surface area contributed by atoms with Gasteiger partial charge < -0.3 is 34.0 Å². The second-order valence-electron chi connectivity index (χ2n) is 12.7. The number of allylic oxidation sites excluding steroid dienone is 2. The fourth-order valence-corrected chi connectivity index (χ4v) is 7.31. The summed E-state index contributed by atoms with van der Waals surface area (Å²) in [5.41, 5.74) is 3.00. The van der Waals surface area contributed by atoms with Gasteiger partial charge in [0, 0.05) is 61.7 Å². The number of rotatable bonds is 6. The van der Waals surface area contributed by atoms with Crippen LogP contribution >= 0.6 is 11.6 Å². The molecule has 2 unspecified atom stereocenters. The second-order valence-corrected chi connectivity index (χ2v) is 13.2. The Morgan fingerprint density at radius 2 is 1.76 bits per heavy atom. The molecule has 1 N–H and O–H groups in total. The Balaban J connectivity index is 1.05. The van der Waals surface area contributed by atoms with E-state index >= 15 is 4.39 Å². The number of alkyl halides is 1. The highest BCUT2D eigenvalue weighted by atomic mass is 35.5. The number of ether oxygens (including phenoxy) is 3. The molecule has 7 rings (SSSR count). The molecule has 5 aliphatic rings. The highest BCUT2D eigenvalue weighted by molar-refractivity contribution is 6.23. The first-order valence-corrected chi connectivity index (χ1v) is 16.2. The maximum atomic E-state index is 15.5. The Labute approximate surface area is 272 Å². The van der Waals surface area contributed by atoms with E-state index in [0.717, 1.165) is 56.7 Å². The van der Waals surface area contributed by atoms with Crippen LogP contribution in [0.5, 0.6) is 5.75 Å². The van der Waals surface area contributed by atoms with Gasteiger partial charge in [0.15, 0.2) is 6.73 Å². The van der Waals surface area contributed by atoms with Gasteiger partial charge in [-0.1, -0.05) is 24.3 Å².